The van der Waals surface area contributed by atoms with E-state index in [1.807, 2.05) is 0 Å². The van der Waals surface area contributed by atoms with E-state index in [-0.39, 0.29) is 9.92 Å². The number of nitrogens with one attached hydrogen (secondary N) is 2. The summed E-state index contributed by atoms with van der Waals surface area (Å²) in [4.78, 5) is 0.0642. The van der Waals surface area contributed by atoms with Gasteiger partial charge in [-0.05, 0) is 30.4 Å². The monoisotopic (exact) mass is 361 g/mol. The van der Waals surface area contributed by atoms with Gasteiger partial charge in [-0.15, -0.1) is 6.58 Å². The highest BCUT2D eigenvalue weighted by Gasteiger charge is 2.24. The average Bonchev–Trinajstić information content (AvgIpc) is 2.48. The number of hydrogen-bond acceptors (Lipinski definition) is 3. The molecule has 22 heavy (non-hydrogen) atoms. The number of hydrogen-bond donors (Lipinski definition) is 2. The lowest BCUT2D eigenvalue weighted by Crippen LogP contribution is -2.31. The molecule has 5 nitrogen and oxygen atoms in total. The van der Waals surface area contributed by atoms with Gasteiger partial charge < -0.3 is 10.6 Å². The second kappa shape index (κ2) is 8.47. The third-order valence-electron chi connectivity index (χ3n) is 2.92. The van der Waals surface area contributed by atoms with Crippen molar-refractivity contribution >= 4 is 44.6 Å². The molecule has 0 aliphatic rings. The van der Waals surface area contributed by atoms with Gasteiger partial charge in [0.25, 0.3) is 0 Å². The second-order valence-corrected chi connectivity index (χ2v) is 7.08. The minimum absolute atomic E-state index is 0.0642. The fraction of sp³-hybridized carbons (Fsp3) is 0.357. The zero-order chi connectivity index (χ0) is 16.8. The highest BCUT2D eigenvalue weighted by atomic mass is 35.5. The fourth-order valence-corrected chi connectivity index (χ4v) is 3.98. The van der Waals surface area contributed by atoms with E-state index in [9.17, 15) is 8.42 Å². The summed E-state index contributed by atoms with van der Waals surface area (Å²) in [6.45, 7) is 8.43. The minimum atomic E-state index is -3.63. The summed E-state index contributed by atoms with van der Waals surface area (Å²) in [6, 6.07) is 4.69. The van der Waals surface area contributed by atoms with Gasteiger partial charge in [0.05, 0.1) is 5.02 Å². The highest BCUT2D eigenvalue weighted by Crippen LogP contribution is 2.27. The normalized spacial score (nSPS) is 11.3. The predicted octanol–water partition coefficient (Wildman–Crippen LogP) is 2.84. The van der Waals surface area contributed by atoms with Gasteiger partial charge >= 0.3 is 0 Å². The van der Waals surface area contributed by atoms with Crippen molar-refractivity contribution in [1.29, 1.82) is 0 Å². The Morgan fingerprint density at radius 1 is 1.41 bits per heavy atom. The van der Waals surface area contributed by atoms with Crippen LogP contribution in [0.25, 0.3) is 0 Å². The van der Waals surface area contributed by atoms with Gasteiger partial charge in [-0.1, -0.05) is 31.5 Å². The van der Waals surface area contributed by atoms with E-state index in [0.717, 1.165) is 0 Å². The van der Waals surface area contributed by atoms with Crippen LogP contribution in [0.15, 0.2) is 35.7 Å². The third kappa shape index (κ3) is 4.67. The molecule has 1 aromatic carbocycles. The molecule has 1 aromatic rings. The van der Waals surface area contributed by atoms with Gasteiger partial charge in [0, 0.05) is 25.3 Å². The SMILES string of the molecule is C=CCNC(=S)Nc1ccc(Cl)c(S(=O)(=O)N(CC)CC)c1. The maximum absolute atomic E-state index is 12.6. The molecule has 0 aliphatic carbocycles. The molecule has 0 amide bonds. The third-order valence-corrected chi connectivity index (χ3v) is 5.70. The summed E-state index contributed by atoms with van der Waals surface area (Å²) in [7, 11) is -3.63. The number of halogens is 1. The Kier molecular flexibility index (Phi) is 7.28. The van der Waals surface area contributed by atoms with E-state index in [4.69, 9.17) is 23.8 Å². The minimum Gasteiger partial charge on any atom is -0.359 e. The van der Waals surface area contributed by atoms with Crippen LogP contribution >= 0.6 is 23.8 Å². The summed E-state index contributed by atoms with van der Waals surface area (Å²) in [5.41, 5.74) is 0.552. The molecule has 1 rings (SSSR count). The van der Waals surface area contributed by atoms with Gasteiger partial charge in [-0.25, -0.2) is 8.42 Å². The first-order valence-electron chi connectivity index (χ1n) is 6.82. The Morgan fingerprint density at radius 2 is 2.05 bits per heavy atom. The fourth-order valence-electron chi connectivity index (χ4n) is 1.82. The molecule has 0 aliphatic heterocycles. The summed E-state index contributed by atoms with van der Waals surface area (Å²) in [5, 5.41) is 6.40. The Hall–Kier alpha value is -1.15. The molecule has 0 aromatic heterocycles. The number of nitrogens with zero attached hydrogens (tertiary/aromatic N) is 1. The molecule has 0 atom stereocenters. The molecule has 0 heterocycles. The molecule has 0 saturated heterocycles. The standard InChI is InChI=1S/C14H20ClN3O2S2/c1-4-9-16-14(21)17-11-7-8-12(15)13(10-11)22(19,20)18(5-2)6-3/h4,7-8,10H,1,5-6,9H2,2-3H3,(H2,16,17,21). The van der Waals surface area contributed by atoms with E-state index in [1.165, 1.54) is 16.4 Å². The topological polar surface area (TPSA) is 61.4 Å². The van der Waals surface area contributed by atoms with Crippen LogP contribution in [0.4, 0.5) is 5.69 Å². The van der Waals surface area contributed by atoms with Crippen LogP contribution in [0, 0.1) is 0 Å². The van der Waals surface area contributed by atoms with E-state index < -0.39 is 10.0 Å². The molecule has 0 saturated carbocycles. The Balaban J connectivity index is 3.09. The van der Waals surface area contributed by atoms with Crippen molar-refractivity contribution in [3.8, 4) is 0 Å². The smallest absolute Gasteiger partial charge is 0.244 e. The first-order valence-corrected chi connectivity index (χ1v) is 9.04. The molecule has 0 fully saturated rings. The molecule has 0 bridgehead atoms. The van der Waals surface area contributed by atoms with E-state index >= 15 is 0 Å². The first kappa shape index (κ1) is 18.9. The molecule has 0 unspecified atom stereocenters. The quantitative estimate of drug-likeness (QED) is 0.577. The summed E-state index contributed by atoms with van der Waals surface area (Å²) in [5.74, 6) is 0. The van der Waals surface area contributed by atoms with Crippen LogP contribution in [0.3, 0.4) is 0 Å². The maximum Gasteiger partial charge on any atom is 0.244 e. The predicted molar refractivity (Wildman–Crippen MR) is 96.0 cm³/mol. The molecule has 8 heteroatoms. The van der Waals surface area contributed by atoms with Gasteiger partial charge in [0.2, 0.25) is 10.0 Å². The summed E-state index contributed by atoms with van der Waals surface area (Å²) >= 11 is 11.2. The molecular weight excluding hydrogens is 342 g/mol. The van der Waals surface area contributed by atoms with Crippen molar-refractivity contribution in [1.82, 2.24) is 9.62 Å². The lowest BCUT2D eigenvalue weighted by molar-refractivity contribution is 0.445. The van der Waals surface area contributed by atoms with E-state index in [2.05, 4.69) is 17.2 Å². The van der Waals surface area contributed by atoms with Gasteiger partial charge in [0.1, 0.15) is 4.90 Å². The van der Waals surface area contributed by atoms with Crippen LogP contribution in [0.2, 0.25) is 5.02 Å². The highest BCUT2D eigenvalue weighted by molar-refractivity contribution is 7.89. The average molecular weight is 362 g/mol. The number of sulfonamides is 1. The van der Waals surface area contributed by atoms with Gasteiger partial charge in [-0.2, -0.15) is 4.31 Å². The summed E-state index contributed by atoms with van der Waals surface area (Å²) in [6.07, 6.45) is 1.67. The zero-order valence-corrected chi connectivity index (χ0v) is 15.0. The van der Waals surface area contributed by atoms with E-state index in [0.29, 0.717) is 30.4 Å². The van der Waals surface area contributed by atoms with Crippen LogP contribution in [0.5, 0.6) is 0 Å². The second-order valence-electron chi connectivity index (χ2n) is 4.36. The van der Waals surface area contributed by atoms with Gasteiger partial charge in [0.15, 0.2) is 5.11 Å². The van der Waals surface area contributed by atoms with Gasteiger partial charge in [-0.3, -0.25) is 0 Å². The number of benzene rings is 1. The Labute approximate surface area is 142 Å². The lowest BCUT2D eigenvalue weighted by Gasteiger charge is -2.20. The van der Waals surface area contributed by atoms with Crippen molar-refractivity contribution in [2.24, 2.45) is 0 Å². The Bertz CT molecular complexity index is 643. The number of thiocarbonyl (C=S) groups is 1. The van der Waals surface area contributed by atoms with Crippen LogP contribution in [-0.4, -0.2) is 37.5 Å². The van der Waals surface area contributed by atoms with Crippen LogP contribution < -0.4 is 10.6 Å². The maximum atomic E-state index is 12.6. The lowest BCUT2D eigenvalue weighted by atomic mass is 10.3. The van der Waals surface area contributed by atoms with Crippen LogP contribution in [-0.2, 0) is 10.0 Å². The van der Waals surface area contributed by atoms with Crippen molar-refractivity contribution in [3.05, 3.63) is 35.9 Å². The molecule has 0 spiro atoms. The number of rotatable bonds is 7. The first-order chi connectivity index (χ1) is 10.4. The number of anilines is 1. The van der Waals surface area contributed by atoms with Crippen molar-refractivity contribution in [2.75, 3.05) is 25.0 Å². The Morgan fingerprint density at radius 3 is 2.59 bits per heavy atom. The largest absolute Gasteiger partial charge is 0.359 e. The van der Waals surface area contributed by atoms with Crippen molar-refractivity contribution in [2.45, 2.75) is 18.7 Å². The molecule has 122 valence electrons. The molecule has 0 radical (unpaired) electrons. The van der Waals surface area contributed by atoms with Crippen LogP contribution in [0.1, 0.15) is 13.8 Å². The molecular formula is C14H20ClN3O2S2. The molecule has 2 N–H and O–H groups in total. The van der Waals surface area contributed by atoms with Crippen molar-refractivity contribution in [3.63, 3.8) is 0 Å². The van der Waals surface area contributed by atoms with E-state index in [1.54, 1.807) is 26.0 Å². The zero-order valence-electron chi connectivity index (χ0n) is 12.6. The van der Waals surface area contributed by atoms with Crippen molar-refractivity contribution < 1.29 is 8.42 Å². The summed E-state index contributed by atoms with van der Waals surface area (Å²) < 4.78 is 26.5.